The highest BCUT2D eigenvalue weighted by Crippen LogP contribution is 2.38. The standard InChI is InChI=1S/C15H11Br2ClO3/c1-20-12-6-4-9(15(21-2)13(12)17)14(19)10-7-8(18)3-5-11(10)16/h3-7H,1-2H3. The number of carbonyl (C=O) groups excluding carboxylic acids is 1. The molecular formula is C15H11Br2ClO3. The molecule has 0 aliphatic heterocycles. The molecule has 0 saturated carbocycles. The molecule has 0 fully saturated rings. The Kier molecular flexibility index (Phi) is 5.30. The third kappa shape index (κ3) is 3.25. The van der Waals surface area contributed by atoms with Gasteiger partial charge in [0.2, 0.25) is 0 Å². The lowest BCUT2D eigenvalue weighted by molar-refractivity contribution is 0.103. The summed E-state index contributed by atoms with van der Waals surface area (Å²) in [7, 11) is 3.05. The minimum Gasteiger partial charge on any atom is -0.495 e. The molecule has 110 valence electrons. The van der Waals surface area contributed by atoms with Crippen LogP contribution in [-0.4, -0.2) is 20.0 Å². The van der Waals surface area contributed by atoms with Crippen molar-refractivity contribution in [3.05, 3.63) is 55.4 Å². The molecule has 2 aromatic carbocycles. The second-order valence-corrected chi connectivity index (χ2v) is 6.20. The van der Waals surface area contributed by atoms with Crippen LogP contribution in [-0.2, 0) is 0 Å². The first kappa shape index (κ1) is 16.3. The molecule has 0 bridgehead atoms. The Bertz CT molecular complexity index is 702. The molecule has 0 saturated heterocycles. The van der Waals surface area contributed by atoms with Crippen molar-refractivity contribution >= 4 is 49.2 Å². The van der Waals surface area contributed by atoms with Crippen molar-refractivity contribution < 1.29 is 14.3 Å². The van der Waals surface area contributed by atoms with Gasteiger partial charge in [0.05, 0.1) is 19.8 Å². The van der Waals surface area contributed by atoms with Crippen molar-refractivity contribution in [2.45, 2.75) is 0 Å². The van der Waals surface area contributed by atoms with Gasteiger partial charge in [0, 0.05) is 15.1 Å². The Hall–Kier alpha value is -1.04. The van der Waals surface area contributed by atoms with E-state index in [0.717, 1.165) is 0 Å². The number of carbonyl (C=O) groups is 1. The molecule has 21 heavy (non-hydrogen) atoms. The van der Waals surface area contributed by atoms with Gasteiger partial charge in [0.1, 0.15) is 16.0 Å². The van der Waals surface area contributed by atoms with Crippen molar-refractivity contribution in [2.24, 2.45) is 0 Å². The van der Waals surface area contributed by atoms with Crippen LogP contribution in [0.15, 0.2) is 39.3 Å². The Morgan fingerprint density at radius 1 is 1.05 bits per heavy atom. The average molecular weight is 435 g/mol. The van der Waals surface area contributed by atoms with Crippen LogP contribution in [0.5, 0.6) is 11.5 Å². The second-order valence-electron chi connectivity index (χ2n) is 4.12. The fraction of sp³-hybridized carbons (Fsp3) is 0.133. The normalized spacial score (nSPS) is 10.3. The molecular weight excluding hydrogens is 423 g/mol. The number of hydrogen-bond acceptors (Lipinski definition) is 3. The summed E-state index contributed by atoms with van der Waals surface area (Å²) in [5, 5.41) is 0.494. The Labute approximate surface area is 144 Å². The maximum absolute atomic E-state index is 12.7. The van der Waals surface area contributed by atoms with E-state index in [-0.39, 0.29) is 5.78 Å². The van der Waals surface area contributed by atoms with Crippen LogP contribution >= 0.6 is 43.5 Å². The van der Waals surface area contributed by atoms with Gasteiger partial charge in [-0.1, -0.05) is 27.5 Å². The zero-order chi connectivity index (χ0) is 15.6. The van der Waals surface area contributed by atoms with E-state index in [1.807, 2.05) is 0 Å². The summed E-state index contributed by atoms with van der Waals surface area (Å²) in [4.78, 5) is 12.7. The van der Waals surface area contributed by atoms with E-state index < -0.39 is 0 Å². The van der Waals surface area contributed by atoms with E-state index in [1.54, 1.807) is 37.4 Å². The number of benzene rings is 2. The van der Waals surface area contributed by atoms with Gasteiger partial charge >= 0.3 is 0 Å². The molecule has 0 radical (unpaired) electrons. The molecule has 0 amide bonds. The molecule has 3 nitrogen and oxygen atoms in total. The van der Waals surface area contributed by atoms with Gasteiger partial charge in [-0.3, -0.25) is 4.79 Å². The average Bonchev–Trinajstić information content (AvgIpc) is 2.48. The first-order valence-electron chi connectivity index (χ1n) is 5.89. The predicted octanol–water partition coefficient (Wildman–Crippen LogP) is 5.11. The van der Waals surface area contributed by atoms with Crippen LogP contribution in [0.2, 0.25) is 5.02 Å². The second kappa shape index (κ2) is 6.81. The fourth-order valence-electron chi connectivity index (χ4n) is 1.89. The van der Waals surface area contributed by atoms with Gasteiger partial charge in [-0.05, 0) is 46.3 Å². The number of halogens is 3. The summed E-state index contributed by atoms with van der Waals surface area (Å²) in [5.41, 5.74) is 0.894. The summed E-state index contributed by atoms with van der Waals surface area (Å²) in [6, 6.07) is 8.44. The molecule has 0 heterocycles. The molecule has 0 unspecified atom stereocenters. The van der Waals surface area contributed by atoms with Crippen LogP contribution in [0.3, 0.4) is 0 Å². The van der Waals surface area contributed by atoms with Crippen LogP contribution in [0.1, 0.15) is 15.9 Å². The Morgan fingerprint density at radius 3 is 2.38 bits per heavy atom. The number of ketones is 1. The first-order valence-corrected chi connectivity index (χ1v) is 7.86. The van der Waals surface area contributed by atoms with Crippen molar-refractivity contribution in [1.29, 1.82) is 0 Å². The van der Waals surface area contributed by atoms with Gasteiger partial charge in [-0.25, -0.2) is 0 Å². The zero-order valence-corrected chi connectivity index (χ0v) is 15.2. The summed E-state index contributed by atoms with van der Waals surface area (Å²) < 4.78 is 11.8. The summed E-state index contributed by atoms with van der Waals surface area (Å²) >= 11 is 12.7. The van der Waals surface area contributed by atoms with E-state index in [1.165, 1.54) is 7.11 Å². The molecule has 0 aromatic heterocycles. The van der Waals surface area contributed by atoms with Gasteiger partial charge in [0.15, 0.2) is 5.78 Å². The van der Waals surface area contributed by atoms with Gasteiger partial charge < -0.3 is 9.47 Å². The van der Waals surface area contributed by atoms with E-state index >= 15 is 0 Å². The van der Waals surface area contributed by atoms with E-state index in [9.17, 15) is 4.79 Å². The van der Waals surface area contributed by atoms with Crippen LogP contribution < -0.4 is 9.47 Å². The third-order valence-corrected chi connectivity index (χ3v) is 4.58. The highest BCUT2D eigenvalue weighted by atomic mass is 79.9. The number of ether oxygens (including phenoxy) is 2. The van der Waals surface area contributed by atoms with E-state index in [4.69, 9.17) is 21.1 Å². The lowest BCUT2D eigenvalue weighted by atomic mass is 10.0. The lowest BCUT2D eigenvalue weighted by Gasteiger charge is -2.13. The summed E-state index contributed by atoms with van der Waals surface area (Å²) in [6.07, 6.45) is 0. The van der Waals surface area contributed by atoms with Gasteiger partial charge in [-0.15, -0.1) is 0 Å². The molecule has 2 rings (SSSR count). The van der Waals surface area contributed by atoms with Crippen molar-refractivity contribution in [1.82, 2.24) is 0 Å². The molecule has 6 heteroatoms. The van der Waals surface area contributed by atoms with Crippen molar-refractivity contribution in [3.8, 4) is 11.5 Å². The fourth-order valence-corrected chi connectivity index (χ4v) is 3.16. The minimum atomic E-state index is -0.190. The highest BCUT2D eigenvalue weighted by molar-refractivity contribution is 9.11. The molecule has 0 aliphatic rings. The maximum atomic E-state index is 12.7. The predicted molar refractivity (Wildman–Crippen MR) is 89.8 cm³/mol. The molecule has 0 N–H and O–H groups in total. The molecule has 0 atom stereocenters. The minimum absolute atomic E-state index is 0.190. The summed E-state index contributed by atoms with van der Waals surface area (Å²) in [6.45, 7) is 0. The monoisotopic (exact) mass is 432 g/mol. The lowest BCUT2D eigenvalue weighted by Crippen LogP contribution is -2.06. The van der Waals surface area contributed by atoms with E-state index in [2.05, 4.69) is 31.9 Å². The van der Waals surface area contributed by atoms with Crippen LogP contribution in [0.4, 0.5) is 0 Å². The SMILES string of the molecule is COc1ccc(C(=O)c2cc(Cl)ccc2Br)c(OC)c1Br. The Morgan fingerprint density at radius 2 is 1.76 bits per heavy atom. The molecule has 0 aliphatic carbocycles. The highest BCUT2D eigenvalue weighted by Gasteiger charge is 2.21. The van der Waals surface area contributed by atoms with Gasteiger partial charge in [0.25, 0.3) is 0 Å². The maximum Gasteiger partial charge on any atom is 0.197 e. The zero-order valence-electron chi connectivity index (χ0n) is 11.2. The number of hydrogen-bond donors (Lipinski definition) is 0. The topological polar surface area (TPSA) is 35.5 Å². The largest absolute Gasteiger partial charge is 0.495 e. The van der Waals surface area contributed by atoms with Crippen LogP contribution in [0.25, 0.3) is 0 Å². The first-order chi connectivity index (χ1) is 9.99. The third-order valence-electron chi connectivity index (χ3n) is 2.90. The Balaban J connectivity index is 2.58. The number of methoxy groups -OCH3 is 2. The van der Waals surface area contributed by atoms with Gasteiger partial charge in [-0.2, -0.15) is 0 Å². The molecule has 2 aromatic rings. The quantitative estimate of drug-likeness (QED) is 0.627. The molecule has 0 spiro atoms. The number of rotatable bonds is 4. The van der Waals surface area contributed by atoms with Crippen molar-refractivity contribution in [3.63, 3.8) is 0 Å². The summed E-state index contributed by atoms with van der Waals surface area (Å²) in [5.74, 6) is 0.823. The van der Waals surface area contributed by atoms with Crippen LogP contribution in [0, 0.1) is 0 Å². The smallest absolute Gasteiger partial charge is 0.197 e. The van der Waals surface area contributed by atoms with E-state index in [0.29, 0.717) is 36.6 Å². The van der Waals surface area contributed by atoms with Crippen molar-refractivity contribution in [2.75, 3.05) is 14.2 Å².